The van der Waals surface area contributed by atoms with Gasteiger partial charge in [-0.25, -0.2) is 0 Å². The molecule has 0 saturated heterocycles. The van der Waals surface area contributed by atoms with Crippen LogP contribution in [0.25, 0.3) is 0 Å². The second kappa shape index (κ2) is 5.69. The van der Waals surface area contributed by atoms with Gasteiger partial charge in [0.1, 0.15) is 6.29 Å². The zero-order valence-electron chi connectivity index (χ0n) is 15.6. The number of fused-ring (bicyclic) bond motifs is 5. The standard InChI is InChI=1S/C22H34O2/c1-14(13-23)18-6-7-19-17-5-4-15-12-16(24)8-10-21(15,2)20(17)9-11-22(18,19)3/h4,13-14,16-20,24H,5-12H2,1-3H3/t14-,16+,17+,18-,19+,20+,21+,22-/m0/s1. The molecule has 0 heterocycles. The monoisotopic (exact) mass is 330 g/mol. The molecule has 4 aliphatic carbocycles. The molecule has 0 aliphatic heterocycles. The zero-order chi connectivity index (χ0) is 17.1. The first-order valence-electron chi connectivity index (χ1n) is 10.2. The summed E-state index contributed by atoms with van der Waals surface area (Å²) >= 11 is 0. The van der Waals surface area contributed by atoms with Crippen molar-refractivity contribution >= 4 is 6.29 Å². The molecule has 0 amide bonds. The molecule has 0 aromatic carbocycles. The van der Waals surface area contributed by atoms with Gasteiger partial charge in [-0.15, -0.1) is 0 Å². The van der Waals surface area contributed by atoms with Gasteiger partial charge < -0.3 is 9.90 Å². The molecule has 4 aliphatic rings. The van der Waals surface area contributed by atoms with E-state index in [2.05, 4.69) is 26.8 Å². The molecule has 2 nitrogen and oxygen atoms in total. The van der Waals surface area contributed by atoms with Crippen molar-refractivity contribution in [3.63, 3.8) is 0 Å². The van der Waals surface area contributed by atoms with E-state index in [0.29, 0.717) is 16.7 Å². The molecule has 0 aromatic rings. The lowest BCUT2D eigenvalue weighted by molar-refractivity contribution is -0.115. The predicted octanol–water partition coefficient (Wildman–Crippen LogP) is 4.76. The van der Waals surface area contributed by atoms with Gasteiger partial charge in [0.25, 0.3) is 0 Å². The van der Waals surface area contributed by atoms with E-state index in [-0.39, 0.29) is 12.0 Å². The number of rotatable bonds is 2. The number of hydrogen-bond donors (Lipinski definition) is 1. The van der Waals surface area contributed by atoms with Crippen molar-refractivity contribution in [2.75, 3.05) is 0 Å². The maximum absolute atomic E-state index is 11.4. The number of aldehydes is 1. The molecular weight excluding hydrogens is 296 g/mol. The molecule has 2 heteroatoms. The average molecular weight is 331 g/mol. The second-order valence-electron chi connectivity index (χ2n) is 9.88. The number of hydrogen-bond acceptors (Lipinski definition) is 2. The van der Waals surface area contributed by atoms with Crippen LogP contribution in [0.3, 0.4) is 0 Å². The summed E-state index contributed by atoms with van der Waals surface area (Å²) in [6, 6.07) is 0. The van der Waals surface area contributed by atoms with Crippen molar-refractivity contribution < 1.29 is 9.90 Å². The minimum atomic E-state index is -0.112. The Morgan fingerprint density at radius 3 is 2.71 bits per heavy atom. The van der Waals surface area contributed by atoms with Gasteiger partial charge in [-0.05, 0) is 85.9 Å². The zero-order valence-corrected chi connectivity index (χ0v) is 15.6. The number of carbonyl (C=O) groups excluding carboxylic acids is 1. The molecule has 0 bridgehead atoms. The Morgan fingerprint density at radius 2 is 1.96 bits per heavy atom. The lowest BCUT2D eigenvalue weighted by atomic mass is 9.47. The minimum Gasteiger partial charge on any atom is -0.393 e. The van der Waals surface area contributed by atoms with E-state index in [1.807, 2.05) is 0 Å². The Morgan fingerprint density at radius 1 is 1.17 bits per heavy atom. The van der Waals surface area contributed by atoms with E-state index in [4.69, 9.17) is 0 Å². The van der Waals surface area contributed by atoms with E-state index in [1.54, 1.807) is 5.57 Å². The quantitative estimate of drug-likeness (QED) is 0.585. The Kier molecular flexibility index (Phi) is 3.99. The fourth-order valence-electron chi connectivity index (χ4n) is 7.64. The van der Waals surface area contributed by atoms with E-state index >= 15 is 0 Å². The van der Waals surface area contributed by atoms with Gasteiger partial charge in [-0.2, -0.15) is 0 Å². The molecule has 8 atom stereocenters. The summed E-state index contributed by atoms with van der Waals surface area (Å²) in [7, 11) is 0. The van der Waals surface area contributed by atoms with Crippen LogP contribution in [0.4, 0.5) is 0 Å². The van der Waals surface area contributed by atoms with Crippen molar-refractivity contribution in [2.24, 2.45) is 40.4 Å². The van der Waals surface area contributed by atoms with Gasteiger partial charge >= 0.3 is 0 Å². The average Bonchev–Trinajstić information content (AvgIpc) is 2.92. The predicted molar refractivity (Wildman–Crippen MR) is 96.4 cm³/mol. The highest BCUT2D eigenvalue weighted by atomic mass is 16.3. The summed E-state index contributed by atoms with van der Waals surface area (Å²) in [5.74, 6) is 3.20. The Hall–Kier alpha value is -0.630. The van der Waals surface area contributed by atoms with Gasteiger partial charge in [0.2, 0.25) is 0 Å². The smallest absolute Gasteiger partial charge is 0.123 e. The largest absolute Gasteiger partial charge is 0.393 e. The van der Waals surface area contributed by atoms with Crippen molar-refractivity contribution in [1.29, 1.82) is 0 Å². The number of aliphatic hydroxyl groups excluding tert-OH is 1. The first kappa shape index (κ1) is 16.8. The normalized spacial score (nSPS) is 51.8. The molecule has 3 fully saturated rings. The minimum absolute atomic E-state index is 0.112. The topological polar surface area (TPSA) is 37.3 Å². The molecule has 0 aromatic heterocycles. The first-order chi connectivity index (χ1) is 11.4. The molecule has 0 spiro atoms. The summed E-state index contributed by atoms with van der Waals surface area (Å²) in [5.41, 5.74) is 2.26. The maximum Gasteiger partial charge on any atom is 0.123 e. The third-order valence-corrected chi connectivity index (χ3v) is 9.00. The third-order valence-electron chi connectivity index (χ3n) is 9.00. The van der Waals surface area contributed by atoms with Crippen molar-refractivity contribution in [2.45, 2.75) is 78.2 Å². The highest BCUT2D eigenvalue weighted by molar-refractivity contribution is 5.53. The summed E-state index contributed by atoms with van der Waals surface area (Å²) in [4.78, 5) is 11.4. The van der Waals surface area contributed by atoms with E-state index in [9.17, 15) is 9.90 Å². The van der Waals surface area contributed by atoms with Gasteiger partial charge in [0.05, 0.1) is 6.10 Å². The molecule has 0 radical (unpaired) electrons. The van der Waals surface area contributed by atoms with Gasteiger partial charge in [-0.3, -0.25) is 0 Å². The van der Waals surface area contributed by atoms with Crippen LogP contribution in [0.5, 0.6) is 0 Å². The van der Waals surface area contributed by atoms with Crippen LogP contribution >= 0.6 is 0 Å². The summed E-state index contributed by atoms with van der Waals surface area (Å²) in [6.07, 6.45) is 13.0. The maximum atomic E-state index is 11.4. The SMILES string of the molecule is C[C@@H](C=O)[C@@H]1CC[C@@H]2[C@H]3CC=C4C[C@H](O)CC[C@@]4(C)[C@@H]3CC[C@]21C. The highest BCUT2D eigenvalue weighted by Gasteiger charge is 2.59. The van der Waals surface area contributed by atoms with Crippen LogP contribution in [0.2, 0.25) is 0 Å². The second-order valence-corrected chi connectivity index (χ2v) is 9.88. The van der Waals surface area contributed by atoms with Gasteiger partial charge in [0.15, 0.2) is 0 Å². The van der Waals surface area contributed by atoms with Gasteiger partial charge in [-0.1, -0.05) is 32.4 Å². The first-order valence-corrected chi connectivity index (χ1v) is 10.2. The lowest BCUT2D eigenvalue weighted by Crippen LogP contribution is -2.50. The number of allylic oxidation sites excluding steroid dienone is 1. The van der Waals surface area contributed by atoms with Crippen molar-refractivity contribution in [1.82, 2.24) is 0 Å². The fraction of sp³-hybridized carbons (Fsp3) is 0.864. The van der Waals surface area contributed by atoms with Crippen LogP contribution in [-0.4, -0.2) is 17.5 Å². The van der Waals surface area contributed by atoms with E-state index < -0.39 is 0 Å². The Labute approximate surface area is 147 Å². The summed E-state index contributed by atoms with van der Waals surface area (Å²) < 4.78 is 0. The van der Waals surface area contributed by atoms with Crippen LogP contribution in [0, 0.1) is 40.4 Å². The molecule has 24 heavy (non-hydrogen) atoms. The van der Waals surface area contributed by atoms with Crippen LogP contribution in [0.15, 0.2) is 11.6 Å². The van der Waals surface area contributed by atoms with E-state index in [1.165, 1.54) is 44.8 Å². The summed E-state index contributed by atoms with van der Waals surface area (Å²) in [6.45, 7) is 7.13. The Balaban J connectivity index is 1.64. The van der Waals surface area contributed by atoms with Crippen LogP contribution < -0.4 is 0 Å². The third kappa shape index (κ3) is 2.21. The molecule has 1 N–H and O–H groups in total. The van der Waals surface area contributed by atoms with Crippen LogP contribution in [-0.2, 0) is 4.79 Å². The fourth-order valence-corrected chi connectivity index (χ4v) is 7.64. The van der Waals surface area contributed by atoms with E-state index in [0.717, 1.165) is 30.6 Å². The Bertz CT molecular complexity index is 552. The number of aliphatic hydroxyl groups is 1. The molecule has 134 valence electrons. The molecule has 0 unspecified atom stereocenters. The molecule has 4 rings (SSSR count). The van der Waals surface area contributed by atoms with Crippen LogP contribution in [0.1, 0.15) is 72.1 Å². The number of carbonyl (C=O) groups is 1. The molecule has 3 saturated carbocycles. The summed E-state index contributed by atoms with van der Waals surface area (Å²) in [5, 5.41) is 10.1. The molecular formula is C22H34O2. The van der Waals surface area contributed by atoms with Gasteiger partial charge in [0, 0.05) is 5.92 Å². The lowest BCUT2D eigenvalue weighted by Gasteiger charge is -2.58. The van der Waals surface area contributed by atoms with Crippen molar-refractivity contribution in [3.05, 3.63) is 11.6 Å². The highest BCUT2D eigenvalue weighted by Crippen LogP contribution is 2.66. The van der Waals surface area contributed by atoms with Crippen molar-refractivity contribution in [3.8, 4) is 0 Å².